The van der Waals surface area contributed by atoms with E-state index in [4.69, 9.17) is 9.47 Å². The normalized spacial score (nSPS) is 31.8. The van der Waals surface area contributed by atoms with Gasteiger partial charge >= 0.3 is 0 Å². The Morgan fingerprint density at radius 2 is 1.66 bits per heavy atom. The number of allylic oxidation sites excluding steroid dienone is 1. The van der Waals surface area contributed by atoms with E-state index < -0.39 is 29.7 Å². The van der Waals surface area contributed by atoms with Crippen molar-refractivity contribution in [3.63, 3.8) is 0 Å². The van der Waals surface area contributed by atoms with Crippen molar-refractivity contribution >= 4 is 35.2 Å². The highest BCUT2D eigenvalue weighted by Crippen LogP contribution is 2.67. The number of unbranched alkanes of at least 4 members (excludes halogenated alkanes) is 1. The van der Waals surface area contributed by atoms with Crippen LogP contribution in [0.1, 0.15) is 144 Å². The molecule has 4 fully saturated rings. The molecule has 4 aliphatic carbocycles. The highest BCUT2D eigenvalue weighted by atomic mass is 16.5. The van der Waals surface area contributed by atoms with Crippen LogP contribution in [-0.4, -0.2) is 91.2 Å². The molecule has 59 heavy (non-hydrogen) atoms. The minimum Gasteiger partial charge on any atom is -0.393 e. The van der Waals surface area contributed by atoms with Crippen LogP contribution in [0.3, 0.4) is 0 Å². The van der Waals surface area contributed by atoms with Crippen LogP contribution in [0.15, 0.2) is 29.8 Å². The number of anilines is 1. The van der Waals surface area contributed by atoms with Gasteiger partial charge in [-0.1, -0.05) is 38.5 Å². The number of fused-ring (bicyclic) bond motifs is 6. The van der Waals surface area contributed by atoms with E-state index in [1.807, 2.05) is 0 Å². The number of amides is 5. The van der Waals surface area contributed by atoms with Crippen molar-refractivity contribution in [1.29, 1.82) is 0 Å². The van der Waals surface area contributed by atoms with Gasteiger partial charge in [-0.25, -0.2) is 0 Å². The third kappa shape index (κ3) is 9.20. The Labute approximate surface area is 350 Å². The van der Waals surface area contributed by atoms with Gasteiger partial charge in [0.2, 0.25) is 17.7 Å². The smallest absolute Gasteiger partial charge is 0.264 e. The molecule has 3 saturated carbocycles. The molecule has 2 aliphatic heterocycles. The van der Waals surface area contributed by atoms with Crippen molar-refractivity contribution in [2.45, 2.75) is 136 Å². The van der Waals surface area contributed by atoms with Crippen molar-refractivity contribution < 1.29 is 38.6 Å². The van der Waals surface area contributed by atoms with Gasteiger partial charge in [-0.15, -0.1) is 0 Å². The Balaban J connectivity index is 0.701. The maximum absolute atomic E-state index is 13.2. The molecule has 324 valence electrons. The van der Waals surface area contributed by atoms with Gasteiger partial charge in [0.1, 0.15) is 6.04 Å². The van der Waals surface area contributed by atoms with Gasteiger partial charge in [-0.2, -0.15) is 0 Å². The quantitative estimate of drug-likeness (QED) is 0.0688. The van der Waals surface area contributed by atoms with Crippen molar-refractivity contribution in [2.24, 2.45) is 40.4 Å². The highest BCUT2D eigenvalue weighted by Gasteiger charge is 2.59. The molecule has 12 heteroatoms. The van der Waals surface area contributed by atoms with E-state index in [2.05, 4.69) is 42.8 Å². The molecule has 9 atom stereocenters. The number of imide groups is 2. The Kier molecular flexibility index (Phi) is 14.0. The average molecular weight is 817 g/mol. The number of aliphatic hydroxyl groups excluding tert-OH is 1. The summed E-state index contributed by atoms with van der Waals surface area (Å²) in [5, 5.41) is 18.9. The van der Waals surface area contributed by atoms with Gasteiger partial charge in [0.05, 0.1) is 17.2 Å². The predicted molar refractivity (Wildman–Crippen MR) is 224 cm³/mol. The lowest BCUT2D eigenvalue weighted by Crippen LogP contribution is -2.54. The molecule has 0 spiro atoms. The summed E-state index contributed by atoms with van der Waals surface area (Å²) >= 11 is 0. The van der Waals surface area contributed by atoms with Crippen molar-refractivity contribution in [2.75, 3.05) is 44.8 Å². The second-order valence-electron chi connectivity index (χ2n) is 19.0. The molecule has 6 aliphatic rings. The van der Waals surface area contributed by atoms with Gasteiger partial charge in [0.25, 0.3) is 11.8 Å². The first-order valence-corrected chi connectivity index (χ1v) is 22.8. The molecule has 4 N–H and O–H groups in total. The van der Waals surface area contributed by atoms with Gasteiger partial charge in [-0.3, -0.25) is 34.2 Å². The zero-order valence-electron chi connectivity index (χ0n) is 35.7. The van der Waals surface area contributed by atoms with Crippen LogP contribution in [0.25, 0.3) is 0 Å². The number of hydrogen-bond donors (Lipinski definition) is 4. The van der Waals surface area contributed by atoms with Crippen LogP contribution < -0.4 is 16.0 Å². The Morgan fingerprint density at radius 1 is 0.915 bits per heavy atom. The van der Waals surface area contributed by atoms with E-state index in [-0.39, 0.29) is 41.4 Å². The molecule has 0 aromatic heterocycles. The van der Waals surface area contributed by atoms with E-state index in [1.165, 1.54) is 32.1 Å². The van der Waals surface area contributed by atoms with Gasteiger partial charge in [-0.05, 0) is 142 Å². The number of nitrogens with one attached hydrogen (secondary N) is 3. The molecule has 5 amide bonds. The molecular weight excluding hydrogens is 749 g/mol. The summed E-state index contributed by atoms with van der Waals surface area (Å²) in [4.78, 5) is 64.0. The Morgan fingerprint density at radius 3 is 2.42 bits per heavy atom. The molecule has 1 saturated heterocycles. The summed E-state index contributed by atoms with van der Waals surface area (Å²) in [6.07, 6.45) is 16.8. The lowest BCUT2D eigenvalue weighted by Gasteiger charge is -2.58. The molecule has 1 aromatic rings. The SMILES string of the molecule is C[C@H](CCC(=O)NCCCOCCCCOCCCNc1cccc2c1C(=O)N(C1CCC(=O)NC1=O)C2=O)[C@H]1CC[C@H]2[C@@H]3CC=C4C[C@@H](O)CC[C@]4(C)[C@H]3CC[C@]12C. The van der Waals surface area contributed by atoms with E-state index >= 15 is 0 Å². The summed E-state index contributed by atoms with van der Waals surface area (Å²) in [5.41, 5.74) is 3.25. The van der Waals surface area contributed by atoms with E-state index in [9.17, 15) is 29.1 Å². The monoisotopic (exact) mass is 817 g/mol. The van der Waals surface area contributed by atoms with Crippen LogP contribution in [0, 0.1) is 40.4 Å². The fourth-order valence-corrected chi connectivity index (χ4v) is 12.3. The predicted octanol–water partition coefficient (Wildman–Crippen LogP) is 6.57. The van der Waals surface area contributed by atoms with E-state index in [1.54, 1.807) is 23.8 Å². The minimum absolute atomic E-state index is 0.0818. The first-order valence-electron chi connectivity index (χ1n) is 22.8. The fourth-order valence-electron chi connectivity index (χ4n) is 12.3. The van der Waals surface area contributed by atoms with Crippen molar-refractivity contribution in [1.82, 2.24) is 15.5 Å². The average Bonchev–Trinajstić information content (AvgIpc) is 3.70. The van der Waals surface area contributed by atoms with E-state index in [0.717, 1.165) is 67.6 Å². The highest BCUT2D eigenvalue weighted by molar-refractivity contribution is 6.25. The summed E-state index contributed by atoms with van der Waals surface area (Å²) in [6, 6.07) is 4.05. The Bertz CT molecular complexity index is 1760. The number of carbonyl (C=O) groups is 5. The second-order valence-corrected chi connectivity index (χ2v) is 19.0. The third-order valence-corrected chi connectivity index (χ3v) is 15.5. The molecule has 1 unspecified atom stereocenters. The lowest BCUT2D eigenvalue weighted by molar-refractivity contribution is -0.136. The van der Waals surface area contributed by atoms with Crippen LogP contribution in [0.2, 0.25) is 0 Å². The standard InChI is InChI=1S/C47H68N4O8/c1-30(35-14-15-36-33-13-12-31-29-32(52)19-21-46(31,2)37(33)20-22-47(35,36)3)11-17-40(53)49-24-8-28-59-26-5-4-25-58-27-7-23-48-38-10-6-9-34-42(38)45(57)51(44(34)56)39-16-18-41(54)50-43(39)55/h6,9-10,12,30,32-33,35-37,39,48,52H,4-5,7-8,11,13-29H2,1-3H3,(H,49,53)(H,50,54,55)/t30-,32+,33+,35-,36+,37+,39?,46+,47-/m1/s1. The summed E-state index contributed by atoms with van der Waals surface area (Å²) in [7, 11) is 0. The van der Waals surface area contributed by atoms with Gasteiger partial charge < -0.3 is 25.2 Å². The van der Waals surface area contributed by atoms with Crippen molar-refractivity contribution in [3.05, 3.63) is 41.0 Å². The third-order valence-electron chi connectivity index (χ3n) is 15.5. The summed E-state index contributed by atoms with van der Waals surface area (Å²) in [6.45, 7) is 11.1. The number of rotatable bonds is 19. The van der Waals surface area contributed by atoms with Crippen LogP contribution >= 0.6 is 0 Å². The molecular formula is C47H68N4O8. The number of aliphatic hydroxyl groups is 1. The first kappa shape index (κ1) is 43.5. The van der Waals surface area contributed by atoms with Crippen LogP contribution in [0.5, 0.6) is 0 Å². The largest absolute Gasteiger partial charge is 0.393 e. The number of nitrogens with zero attached hydrogens (tertiary/aromatic N) is 1. The van der Waals surface area contributed by atoms with Crippen LogP contribution in [-0.2, 0) is 23.9 Å². The van der Waals surface area contributed by atoms with Gasteiger partial charge in [0, 0.05) is 58.0 Å². The molecule has 1 aromatic carbocycles. The number of ether oxygens (including phenoxy) is 2. The van der Waals surface area contributed by atoms with E-state index in [0.29, 0.717) is 75.3 Å². The zero-order chi connectivity index (χ0) is 41.7. The summed E-state index contributed by atoms with van der Waals surface area (Å²) < 4.78 is 11.6. The van der Waals surface area contributed by atoms with Crippen molar-refractivity contribution in [3.8, 4) is 0 Å². The number of piperidine rings is 1. The maximum Gasteiger partial charge on any atom is 0.264 e. The topological polar surface area (TPSA) is 163 Å². The van der Waals surface area contributed by atoms with Crippen LogP contribution in [0.4, 0.5) is 5.69 Å². The summed E-state index contributed by atoms with van der Waals surface area (Å²) in [5.74, 6) is 1.63. The molecule has 7 rings (SSSR count). The minimum atomic E-state index is -0.990. The zero-order valence-corrected chi connectivity index (χ0v) is 35.7. The molecule has 2 heterocycles. The molecule has 12 nitrogen and oxygen atoms in total. The molecule has 0 radical (unpaired) electrons. The Hall–Kier alpha value is -3.61. The number of benzene rings is 1. The number of carbonyl (C=O) groups excluding carboxylic acids is 5. The number of hydrogen-bond acceptors (Lipinski definition) is 9. The first-order chi connectivity index (χ1) is 28.4. The lowest BCUT2D eigenvalue weighted by atomic mass is 9.47. The molecule has 0 bridgehead atoms. The van der Waals surface area contributed by atoms with Gasteiger partial charge in [0.15, 0.2) is 0 Å². The second kappa shape index (κ2) is 19.0. The maximum atomic E-state index is 13.2. The fraction of sp³-hybridized carbons (Fsp3) is 0.723.